The van der Waals surface area contributed by atoms with Crippen LogP contribution in [0.1, 0.15) is 52.9 Å². The molecule has 2 N–H and O–H groups in total. The standard InChI is InChI=1S/C22H35NO6/c1-12-9-15-18(14(21(27)29-15)11-23-7-5-4-6-8-23)20(26)22(3)17(25)10-16(19(12)22)28-13(2)24/h12,14-20,25-26H,4-11H2,1-3H3/t12-,14+,15+,16+,17+,18-,19-,20+,22-/m1/s1. The Bertz CT molecular complexity index is 649. The maximum absolute atomic E-state index is 12.8. The van der Waals surface area contributed by atoms with E-state index in [0.717, 1.165) is 25.9 Å². The minimum atomic E-state index is -0.890. The number of aliphatic hydroxyl groups excluding tert-OH is 2. The van der Waals surface area contributed by atoms with E-state index >= 15 is 0 Å². The molecule has 0 amide bonds. The van der Waals surface area contributed by atoms with Crippen LogP contribution in [0.15, 0.2) is 0 Å². The van der Waals surface area contributed by atoms with Crippen LogP contribution in [-0.2, 0) is 19.1 Å². The van der Waals surface area contributed by atoms with E-state index in [1.54, 1.807) is 0 Å². The molecule has 2 heterocycles. The fraction of sp³-hybridized carbons (Fsp3) is 0.909. The molecule has 0 unspecified atom stereocenters. The van der Waals surface area contributed by atoms with Crippen LogP contribution in [0.2, 0.25) is 0 Å². The van der Waals surface area contributed by atoms with Crippen LogP contribution in [0.4, 0.5) is 0 Å². The van der Waals surface area contributed by atoms with E-state index in [1.807, 2.05) is 6.92 Å². The van der Waals surface area contributed by atoms with Gasteiger partial charge in [-0.1, -0.05) is 20.3 Å². The van der Waals surface area contributed by atoms with Crippen molar-refractivity contribution in [2.45, 2.75) is 77.3 Å². The molecule has 29 heavy (non-hydrogen) atoms. The van der Waals surface area contributed by atoms with Gasteiger partial charge in [0.1, 0.15) is 12.2 Å². The van der Waals surface area contributed by atoms with Crippen molar-refractivity contribution < 1.29 is 29.3 Å². The minimum absolute atomic E-state index is 0.0488. The number of ether oxygens (including phenoxy) is 2. The predicted molar refractivity (Wildman–Crippen MR) is 105 cm³/mol. The molecule has 2 aliphatic carbocycles. The van der Waals surface area contributed by atoms with Crippen molar-refractivity contribution in [1.82, 2.24) is 4.90 Å². The number of esters is 2. The highest BCUT2D eigenvalue weighted by Crippen LogP contribution is 2.58. The molecule has 4 fully saturated rings. The van der Waals surface area contributed by atoms with Crippen molar-refractivity contribution >= 4 is 11.9 Å². The highest BCUT2D eigenvalue weighted by Gasteiger charge is 2.65. The SMILES string of the molecule is CC(=O)O[C@H]1C[C@H](O)[C@]2(C)[C@@H]1[C@H](C)C[C@@H]1OC(=O)[C@@H](CN3CCCCC3)[C@H]1[C@@H]2O. The number of fused-ring (bicyclic) bond motifs is 2. The molecule has 164 valence electrons. The fourth-order valence-corrected chi connectivity index (χ4v) is 6.86. The molecule has 0 bridgehead atoms. The number of aliphatic hydroxyl groups is 2. The summed E-state index contributed by atoms with van der Waals surface area (Å²) in [4.78, 5) is 26.7. The van der Waals surface area contributed by atoms with Crippen molar-refractivity contribution in [3.8, 4) is 0 Å². The van der Waals surface area contributed by atoms with Crippen LogP contribution >= 0.6 is 0 Å². The molecule has 7 nitrogen and oxygen atoms in total. The first kappa shape index (κ1) is 21.1. The third-order valence-electron chi connectivity index (χ3n) is 8.20. The molecule has 2 aliphatic heterocycles. The predicted octanol–water partition coefficient (Wildman–Crippen LogP) is 1.35. The van der Waals surface area contributed by atoms with Crippen LogP contribution in [0.3, 0.4) is 0 Å². The van der Waals surface area contributed by atoms with Crippen LogP contribution in [-0.4, -0.2) is 71.1 Å². The second-order valence-electron chi connectivity index (χ2n) is 9.97. The van der Waals surface area contributed by atoms with E-state index in [4.69, 9.17) is 9.47 Å². The lowest BCUT2D eigenvalue weighted by atomic mass is 9.66. The summed E-state index contributed by atoms with van der Waals surface area (Å²) in [5.41, 5.74) is -0.840. The molecular weight excluding hydrogens is 374 g/mol. The van der Waals surface area contributed by atoms with Crippen LogP contribution in [0.5, 0.6) is 0 Å². The number of piperidine rings is 1. The molecule has 9 atom stereocenters. The van der Waals surface area contributed by atoms with Crippen molar-refractivity contribution in [3.05, 3.63) is 0 Å². The molecule has 7 heteroatoms. The van der Waals surface area contributed by atoms with Gasteiger partial charge in [-0.3, -0.25) is 9.59 Å². The third kappa shape index (κ3) is 3.49. The first-order chi connectivity index (χ1) is 13.7. The van der Waals surface area contributed by atoms with E-state index < -0.39 is 23.7 Å². The van der Waals surface area contributed by atoms with Crippen LogP contribution in [0, 0.1) is 29.1 Å². The number of rotatable bonds is 3. The third-order valence-corrected chi connectivity index (χ3v) is 8.20. The Labute approximate surface area is 172 Å². The highest BCUT2D eigenvalue weighted by atomic mass is 16.6. The van der Waals surface area contributed by atoms with Gasteiger partial charge in [0.25, 0.3) is 0 Å². The molecular formula is C22H35NO6. The summed E-state index contributed by atoms with van der Waals surface area (Å²) in [6.45, 7) is 7.89. The minimum Gasteiger partial charge on any atom is -0.462 e. The lowest BCUT2D eigenvalue weighted by Gasteiger charge is -2.42. The smallest absolute Gasteiger partial charge is 0.311 e. The first-order valence-corrected chi connectivity index (χ1v) is 11.2. The van der Waals surface area contributed by atoms with Crippen molar-refractivity contribution in [1.29, 1.82) is 0 Å². The average molecular weight is 410 g/mol. The maximum Gasteiger partial charge on any atom is 0.311 e. The molecule has 0 aromatic heterocycles. The average Bonchev–Trinajstić information content (AvgIpc) is 3.06. The molecule has 4 aliphatic rings. The molecule has 0 aromatic carbocycles. The highest BCUT2D eigenvalue weighted by molar-refractivity contribution is 5.76. The summed E-state index contributed by atoms with van der Waals surface area (Å²) in [6.07, 6.45) is 1.98. The van der Waals surface area contributed by atoms with Gasteiger partial charge < -0.3 is 24.6 Å². The quantitative estimate of drug-likeness (QED) is 0.679. The number of carbonyl (C=O) groups is 2. The van der Waals surface area contributed by atoms with E-state index in [1.165, 1.54) is 13.3 Å². The Balaban J connectivity index is 1.63. The van der Waals surface area contributed by atoms with Crippen LogP contribution < -0.4 is 0 Å². The molecule has 0 spiro atoms. The normalized spacial score (nSPS) is 47.8. The largest absolute Gasteiger partial charge is 0.462 e. The molecule has 4 rings (SSSR count). The number of nitrogens with zero attached hydrogens (tertiary/aromatic N) is 1. The van der Waals surface area contributed by atoms with Gasteiger partial charge in [-0.15, -0.1) is 0 Å². The first-order valence-electron chi connectivity index (χ1n) is 11.2. The Kier molecular flexibility index (Phi) is 5.68. The van der Waals surface area contributed by atoms with Gasteiger partial charge in [-0.2, -0.15) is 0 Å². The molecule has 2 saturated carbocycles. The zero-order chi connectivity index (χ0) is 20.9. The van der Waals surface area contributed by atoms with E-state index in [2.05, 4.69) is 11.8 Å². The summed E-state index contributed by atoms with van der Waals surface area (Å²) in [5.74, 6) is -1.43. The summed E-state index contributed by atoms with van der Waals surface area (Å²) in [5, 5.41) is 22.6. The van der Waals surface area contributed by atoms with Crippen molar-refractivity contribution in [2.24, 2.45) is 29.1 Å². The van der Waals surface area contributed by atoms with Gasteiger partial charge in [-0.05, 0) is 38.3 Å². The topological polar surface area (TPSA) is 96.3 Å². The maximum atomic E-state index is 12.8. The monoisotopic (exact) mass is 409 g/mol. The second-order valence-corrected chi connectivity index (χ2v) is 9.97. The molecule has 0 radical (unpaired) electrons. The van der Waals surface area contributed by atoms with Crippen molar-refractivity contribution in [2.75, 3.05) is 19.6 Å². The van der Waals surface area contributed by atoms with Crippen LogP contribution in [0.25, 0.3) is 0 Å². The van der Waals surface area contributed by atoms with Gasteiger partial charge in [-0.25, -0.2) is 0 Å². The van der Waals surface area contributed by atoms with Gasteiger partial charge in [0.05, 0.1) is 18.1 Å². The summed E-state index contributed by atoms with van der Waals surface area (Å²) < 4.78 is 11.3. The lowest BCUT2D eigenvalue weighted by Crippen LogP contribution is -2.51. The van der Waals surface area contributed by atoms with Gasteiger partial charge in [0.15, 0.2) is 0 Å². The van der Waals surface area contributed by atoms with Crippen molar-refractivity contribution in [3.63, 3.8) is 0 Å². The molecule has 2 saturated heterocycles. The van der Waals surface area contributed by atoms with Gasteiger partial charge in [0.2, 0.25) is 0 Å². The summed E-state index contributed by atoms with van der Waals surface area (Å²) in [6, 6.07) is 0. The zero-order valence-corrected chi connectivity index (χ0v) is 17.8. The number of hydrogen-bond acceptors (Lipinski definition) is 7. The molecule has 0 aromatic rings. The second kappa shape index (κ2) is 7.82. The Morgan fingerprint density at radius 2 is 1.93 bits per heavy atom. The Morgan fingerprint density at radius 1 is 1.24 bits per heavy atom. The number of likely N-dealkylation sites (tertiary alicyclic amines) is 1. The summed E-state index contributed by atoms with van der Waals surface area (Å²) >= 11 is 0. The van der Waals surface area contributed by atoms with Gasteiger partial charge in [0, 0.05) is 37.1 Å². The number of carbonyl (C=O) groups excluding carboxylic acids is 2. The fourth-order valence-electron chi connectivity index (χ4n) is 6.86. The van der Waals surface area contributed by atoms with E-state index in [0.29, 0.717) is 19.4 Å². The number of hydrogen-bond donors (Lipinski definition) is 2. The van der Waals surface area contributed by atoms with E-state index in [9.17, 15) is 19.8 Å². The summed E-state index contributed by atoms with van der Waals surface area (Å²) in [7, 11) is 0. The zero-order valence-electron chi connectivity index (χ0n) is 17.8. The Hall–Kier alpha value is -1.18. The lowest BCUT2D eigenvalue weighted by molar-refractivity contribution is -0.152. The Morgan fingerprint density at radius 3 is 2.59 bits per heavy atom. The van der Waals surface area contributed by atoms with E-state index in [-0.39, 0.29) is 41.7 Å². The van der Waals surface area contributed by atoms with Gasteiger partial charge >= 0.3 is 11.9 Å².